The summed E-state index contributed by atoms with van der Waals surface area (Å²) in [7, 11) is 0. The number of amides is 1. The lowest BCUT2D eigenvalue weighted by molar-refractivity contribution is 0.0915. The molecule has 2 heterocycles. The smallest absolute Gasteiger partial charge is 0.287 e. The van der Waals surface area contributed by atoms with Gasteiger partial charge in [-0.3, -0.25) is 9.69 Å². The van der Waals surface area contributed by atoms with Gasteiger partial charge in [-0.2, -0.15) is 0 Å². The number of carbonyl (C=O) groups excluding carboxylic acids is 1. The van der Waals surface area contributed by atoms with E-state index in [-0.39, 0.29) is 5.91 Å². The van der Waals surface area contributed by atoms with E-state index in [1.165, 1.54) is 16.7 Å². The van der Waals surface area contributed by atoms with Gasteiger partial charge in [0, 0.05) is 13.1 Å². The second-order valence-corrected chi connectivity index (χ2v) is 7.59. The molecule has 0 saturated heterocycles. The van der Waals surface area contributed by atoms with E-state index in [4.69, 9.17) is 8.83 Å². The molecule has 158 valence electrons. The Labute approximate surface area is 182 Å². The zero-order chi connectivity index (χ0) is 21.5. The molecule has 0 aliphatic rings. The first-order valence-corrected chi connectivity index (χ1v) is 10.4. The van der Waals surface area contributed by atoms with Crippen molar-refractivity contribution in [2.45, 2.75) is 33.1 Å². The van der Waals surface area contributed by atoms with Gasteiger partial charge < -0.3 is 14.2 Å². The van der Waals surface area contributed by atoms with Crippen LogP contribution >= 0.6 is 0 Å². The first-order chi connectivity index (χ1) is 15.2. The van der Waals surface area contributed by atoms with Gasteiger partial charge in [0.05, 0.1) is 19.4 Å². The molecule has 0 saturated carbocycles. The van der Waals surface area contributed by atoms with E-state index < -0.39 is 0 Å². The number of rotatable bonds is 9. The van der Waals surface area contributed by atoms with Crippen LogP contribution < -0.4 is 5.32 Å². The summed E-state index contributed by atoms with van der Waals surface area (Å²) in [6.45, 7) is 4.65. The number of furan rings is 2. The molecule has 0 fully saturated rings. The first-order valence-electron chi connectivity index (χ1n) is 10.4. The molecule has 4 aromatic rings. The highest BCUT2D eigenvalue weighted by Gasteiger charge is 2.15. The maximum Gasteiger partial charge on any atom is 0.287 e. The van der Waals surface area contributed by atoms with Crippen molar-refractivity contribution in [2.24, 2.45) is 0 Å². The second-order valence-electron chi connectivity index (χ2n) is 7.59. The number of hydrogen-bond donors (Lipinski definition) is 1. The van der Waals surface area contributed by atoms with Crippen LogP contribution in [0.2, 0.25) is 0 Å². The summed E-state index contributed by atoms with van der Waals surface area (Å²) in [5.41, 5.74) is 3.78. The molecule has 0 aliphatic carbocycles. The molecule has 0 radical (unpaired) electrons. The Morgan fingerprint density at radius 3 is 2.42 bits per heavy atom. The Morgan fingerprint density at radius 2 is 1.65 bits per heavy atom. The minimum atomic E-state index is -0.254. The zero-order valence-electron chi connectivity index (χ0n) is 17.6. The summed E-state index contributed by atoms with van der Waals surface area (Å²) in [5.74, 6) is 1.51. The lowest BCUT2D eigenvalue weighted by atomic mass is 10.1. The maximum absolute atomic E-state index is 12.4. The summed E-state index contributed by atoms with van der Waals surface area (Å²) in [4.78, 5) is 14.7. The minimum Gasteiger partial charge on any atom is -0.467 e. The molecule has 2 aromatic carbocycles. The topological polar surface area (TPSA) is 58.6 Å². The Balaban J connectivity index is 1.44. The molecule has 0 aliphatic heterocycles. The van der Waals surface area contributed by atoms with Gasteiger partial charge in [0.15, 0.2) is 5.76 Å². The van der Waals surface area contributed by atoms with Gasteiger partial charge in [-0.1, -0.05) is 54.6 Å². The van der Waals surface area contributed by atoms with Crippen molar-refractivity contribution in [1.82, 2.24) is 10.2 Å². The predicted molar refractivity (Wildman–Crippen MR) is 119 cm³/mol. The quantitative estimate of drug-likeness (QED) is 0.403. The number of hydrogen-bond acceptors (Lipinski definition) is 4. The van der Waals surface area contributed by atoms with E-state index in [2.05, 4.69) is 65.7 Å². The lowest BCUT2D eigenvalue weighted by Gasteiger charge is -2.22. The highest BCUT2D eigenvalue weighted by atomic mass is 16.4. The van der Waals surface area contributed by atoms with E-state index in [9.17, 15) is 4.79 Å². The average Bonchev–Trinajstić information content (AvgIpc) is 3.47. The normalized spacial score (nSPS) is 11.0. The van der Waals surface area contributed by atoms with Gasteiger partial charge in [0.25, 0.3) is 5.91 Å². The van der Waals surface area contributed by atoms with Gasteiger partial charge >= 0.3 is 0 Å². The third-order valence-corrected chi connectivity index (χ3v) is 5.17. The van der Waals surface area contributed by atoms with Crippen LogP contribution in [0.5, 0.6) is 0 Å². The van der Waals surface area contributed by atoms with E-state index in [1.54, 1.807) is 18.4 Å². The molecule has 0 atom stereocenters. The molecule has 0 unspecified atom stereocenters. The van der Waals surface area contributed by atoms with Crippen LogP contribution in [0.25, 0.3) is 0 Å². The van der Waals surface area contributed by atoms with Crippen LogP contribution in [-0.2, 0) is 26.2 Å². The Hall–Kier alpha value is -3.57. The van der Waals surface area contributed by atoms with E-state index in [1.807, 2.05) is 18.2 Å². The molecule has 1 amide bonds. The van der Waals surface area contributed by atoms with Crippen molar-refractivity contribution in [3.05, 3.63) is 119 Å². The summed E-state index contributed by atoms with van der Waals surface area (Å²) < 4.78 is 11.1. The van der Waals surface area contributed by atoms with Crippen molar-refractivity contribution < 1.29 is 13.6 Å². The highest BCUT2D eigenvalue weighted by Crippen LogP contribution is 2.18. The largest absolute Gasteiger partial charge is 0.467 e. The third kappa shape index (κ3) is 5.74. The summed E-state index contributed by atoms with van der Waals surface area (Å²) >= 11 is 0. The molecule has 1 N–H and O–H groups in total. The molecule has 2 aromatic heterocycles. The number of nitrogens with zero attached hydrogens (tertiary/aromatic N) is 1. The predicted octanol–water partition coefficient (Wildman–Crippen LogP) is 5.31. The molecular formula is C26H26N2O3. The van der Waals surface area contributed by atoms with Crippen molar-refractivity contribution in [1.29, 1.82) is 0 Å². The van der Waals surface area contributed by atoms with Crippen molar-refractivity contribution in [2.75, 3.05) is 0 Å². The average molecular weight is 415 g/mol. The monoisotopic (exact) mass is 414 g/mol. The van der Waals surface area contributed by atoms with Crippen LogP contribution in [0, 0.1) is 6.92 Å². The van der Waals surface area contributed by atoms with Gasteiger partial charge in [0.2, 0.25) is 0 Å². The molecule has 0 spiro atoms. The van der Waals surface area contributed by atoms with E-state index in [0.717, 1.165) is 18.8 Å². The van der Waals surface area contributed by atoms with Crippen LogP contribution in [0.15, 0.2) is 94.0 Å². The second kappa shape index (κ2) is 9.96. The molecule has 5 heteroatoms. The minimum absolute atomic E-state index is 0.254. The van der Waals surface area contributed by atoms with Crippen molar-refractivity contribution in [3.8, 4) is 0 Å². The Bertz CT molecular complexity index is 1100. The third-order valence-electron chi connectivity index (χ3n) is 5.17. The van der Waals surface area contributed by atoms with Gasteiger partial charge in [0.1, 0.15) is 11.5 Å². The maximum atomic E-state index is 12.4. The number of aryl methyl sites for hydroxylation is 1. The fraction of sp³-hybridized carbons (Fsp3) is 0.192. The summed E-state index contributed by atoms with van der Waals surface area (Å²) in [5, 5.41) is 2.82. The molecular weight excluding hydrogens is 388 g/mol. The molecule has 4 rings (SSSR count). The van der Waals surface area contributed by atoms with Gasteiger partial charge in [-0.15, -0.1) is 0 Å². The number of benzene rings is 2. The summed E-state index contributed by atoms with van der Waals surface area (Å²) in [6.07, 6.45) is 1.59. The van der Waals surface area contributed by atoms with Gasteiger partial charge in [-0.05, 0) is 47.9 Å². The van der Waals surface area contributed by atoms with Crippen LogP contribution in [0.3, 0.4) is 0 Å². The molecule has 5 nitrogen and oxygen atoms in total. The SMILES string of the molecule is Cc1ccccc1CN(Cc1ccccc1)Cc1ccc(C(=O)NCc2ccco2)o1. The highest BCUT2D eigenvalue weighted by molar-refractivity contribution is 5.91. The standard InChI is InChI=1S/C26H26N2O3/c1-20-8-5-6-11-22(20)18-28(17-21-9-3-2-4-10-21)19-24-13-14-25(31-24)26(29)27-16-23-12-7-15-30-23/h2-15H,16-19H2,1H3,(H,27,29). The van der Waals surface area contributed by atoms with Crippen molar-refractivity contribution >= 4 is 5.91 Å². The fourth-order valence-electron chi connectivity index (χ4n) is 3.51. The van der Waals surface area contributed by atoms with Gasteiger partial charge in [-0.25, -0.2) is 0 Å². The molecule has 0 bridgehead atoms. The van der Waals surface area contributed by atoms with Crippen LogP contribution in [0.1, 0.15) is 38.8 Å². The molecule has 31 heavy (non-hydrogen) atoms. The number of carbonyl (C=O) groups is 1. The van der Waals surface area contributed by atoms with Crippen molar-refractivity contribution in [3.63, 3.8) is 0 Å². The number of nitrogens with one attached hydrogen (secondary N) is 1. The van der Waals surface area contributed by atoms with E-state index in [0.29, 0.717) is 24.6 Å². The summed E-state index contributed by atoms with van der Waals surface area (Å²) in [6, 6.07) is 26.0. The lowest BCUT2D eigenvalue weighted by Crippen LogP contribution is -2.23. The van der Waals surface area contributed by atoms with E-state index >= 15 is 0 Å². The van der Waals surface area contributed by atoms with Crippen LogP contribution in [0.4, 0.5) is 0 Å². The zero-order valence-corrected chi connectivity index (χ0v) is 17.6. The Morgan fingerprint density at radius 1 is 0.839 bits per heavy atom. The first kappa shape index (κ1) is 20.7. The Kier molecular flexibility index (Phi) is 6.65. The fourth-order valence-corrected chi connectivity index (χ4v) is 3.51. The van der Waals surface area contributed by atoms with Crippen LogP contribution in [-0.4, -0.2) is 10.8 Å².